The van der Waals surface area contributed by atoms with Crippen molar-refractivity contribution in [2.24, 2.45) is 5.92 Å². The van der Waals surface area contributed by atoms with Crippen LogP contribution in [0.4, 0.5) is 0 Å². The van der Waals surface area contributed by atoms with Crippen molar-refractivity contribution in [2.75, 3.05) is 25.2 Å². The lowest BCUT2D eigenvalue weighted by Crippen LogP contribution is -2.45. The van der Waals surface area contributed by atoms with Crippen molar-refractivity contribution in [1.82, 2.24) is 0 Å². The van der Waals surface area contributed by atoms with Gasteiger partial charge >= 0.3 is 5.97 Å². The highest BCUT2D eigenvalue weighted by Gasteiger charge is 2.55. The van der Waals surface area contributed by atoms with Crippen LogP contribution in [0.3, 0.4) is 0 Å². The van der Waals surface area contributed by atoms with Crippen LogP contribution < -0.4 is 4.74 Å². The zero-order valence-corrected chi connectivity index (χ0v) is 23.7. The number of allylic oxidation sites excluding steroid dienone is 1. The number of esters is 1. The molecule has 0 amide bonds. The lowest BCUT2D eigenvalue weighted by molar-refractivity contribution is -0.145. The van der Waals surface area contributed by atoms with Gasteiger partial charge in [0, 0.05) is 12.3 Å². The molecule has 5 heteroatoms. The summed E-state index contributed by atoms with van der Waals surface area (Å²) >= 11 is 4.08. The van der Waals surface area contributed by atoms with Crippen LogP contribution in [-0.2, 0) is 22.4 Å². The number of fused-ring (bicyclic) bond motifs is 1. The quantitative estimate of drug-likeness (QED) is 0.290. The van der Waals surface area contributed by atoms with E-state index in [0.717, 1.165) is 43.1 Å². The zero-order valence-electron chi connectivity index (χ0n) is 22.1. The van der Waals surface area contributed by atoms with Crippen LogP contribution in [0.25, 0.3) is 5.57 Å². The minimum absolute atomic E-state index is 0.00223. The van der Waals surface area contributed by atoms with Crippen LogP contribution in [-0.4, -0.2) is 35.3 Å². The molecule has 3 nitrogen and oxygen atoms in total. The van der Waals surface area contributed by atoms with E-state index in [1.54, 1.807) is 0 Å². The minimum Gasteiger partial charge on any atom is -0.493 e. The van der Waals surface area contributed by atoms with Crippen LogP contribution in [0.2, 0.25) is 0 Å². The second-order valence-corrected chi connectivity index (χ2v) is 13.5. The maximum Gasteiger partial charge on any atom is 0.313 e. The summed E-state index contributed by atoms with van der Waals surface area (Å²) in [5, 5.41) is 0. The Balaban J connectivity index is 1.45. The van der Waals surface area contributed by atoms with Crippen LogP contribution in [0.5, 0.6) is 5.75 Å². The molecule has 0 spiro atoms. The summed E-state index contributed by atoms with van der Waals surface area (Å²) in [5.74, 6) is 2.86. The van der Waals surface area contributed by atoms with Crippen molar-refractivity contribution >= 4 is 35.1 Å². The van der Waals surface area contributed by atoms with Gasteiger partial charge in [0.2, 0.25) is 0 Å². The Bertz CT molecular complexity index is 1340. The number of hydrogen-bond acceptors (Lipinski definition) is 5. The van der Waals surface area contributed by atoms with Crippen molar-refractivity contribution in [3.05, 3.63) is 106 Å². The lowest BCUT2D eigenvalue weighted by atomic mass is 9.61. The number of rotatable bonds is 7. The summed E-state index contributed by atoms with van der Waals surface area (Å²) in [5.41, 5.74) is 8.89. The van der Waals surface area contributed by atoms with E-state index in [-0.39, 0.29) is 21.9 Å². The molecular formula is C33H34O3S2. The van der Waals surface area contributed by atoms with E-state index in [1.807, 2.05) is 23.5 Å². The average Bonchev–Trinajstić information content (AvgIpc) is 3.42. The second-order valence-electron chi connectivity index (χ2n) is 10.4. The molecule has 1 aliphatic carbocycles. The first-order valence-corrected chi connectivity index (χ1v) is 15.5. The van der Waals surface area contributed by atoms with Crippen molar-refractivity contribution in [2.45, 2.75) is 42.6 Å². The van der Waals surface area contributed by atoms with Crippen molar-refractivity contribution in [3.8, 4) is 5.75 Å². The van der Waals surface area contributed by atoms with Gasteiger partial charge in [-0.05, 0) is 77.2 Å². The molecule has 3 aromatic carbocycles. The van der Waals surface area contributed by atoms with E-state index in [9.17, 15) is 4.79 Å². The van der Waals surface area contributed by atoms with Gasteiger partial charge in [-0.25, -0.2) is 0 Å². The zero-order chi connectivity index (χ0) is 26.1. The van der Waals surface area contributed by atoms with Gasteiger partial charge in [0.05, 0.1) is 23.7 Å². The number of ether oxygens (including phenoxy) is 2. The Morgan fingerprint density at radius 3 is 2.53 bits per heavy atom. The van der Waals surface area contributed by atoms with E-state index in [4.69, 9.17) is 9.47 Å². The van der Waals surface area contributed by atoms with Crippen molar-refractivity contribution in [3.63, 3.8) is 0 Å². The summed E-state index contributed by atoms with van der Waals surface area (Å²) in [7, 11) is 1.53. The highest BCUT2D eigenvalue weighted by atomic mass is 32.2. The maximum atomic E-state index is 13.5. The molecule has 0 N–H and O–H groups in total. The second kappa shape index (κ2) is 10.9. The van der Waals surface area contributed by atoms with Gasteiger partial charge in [0.1, 0.15) is 5.75 Å². The summed E-state index contributed by atoms with van der Waals surface area (Å²) in [6.07, 6.45) is 4.15. The number of aryl methyl sites for hydroxylation is 2. The first-order chi connectivity index (χ1) is 18.6. The van der Waals surface area contributed by atoms with Gasteiger partial charge < -0.3 is 9.47 Å². The Morgan fingerprint density at radius 1 is 1.03 bits per heavy atom. The third-order valence-electron chi connectivity index (χ3n) is 8.09. The van der Waals surface area contributed by atoms with Gasteiger partial charge in [-0.2, -0.15) is 0 Å². The molecule has 1 fully saturated rings. The Labute approximate surface area is 234 Å². The molecule has 0 aromatic heterocycles. The normalized spacial score (nSPS) is 21.8. The molecule has 3 aliphatic rings. The maximum absolute atomic E-state index is 13.5. The summed E-state index contributed by atoms with van der Waals surface area (Å²) in [6, 6.07) is 26.1. The van der Waals surface area contributed by atoms with Crippen LogP contribution in [0, 0.1) is 12.8 Å². The van der Waals surface area contributed by atoms with Gasteiger partial charge in [-0.3, -0.25) is 4.79 Å². The number of methoxy groups -OCH3 is 1. The Hall–Kier alpha value is -2.63. The number of carbonyl (C=O) groups is 1. The Kier molecular flexibility index (Phi) is 7.33. The smallest absolute Gasteiger partial charge is 0.313 e. The molecule has 0 bridgehead atoms. The number of hydrogen-bond donors (Lipinski definition) is 0. The molecule has 0 saturated carbocycles. The third kappa shape index (κ3) is 4.69. The molecule has 0 radical (unpaired) electrons. The highest BCUT2D eigenvalue weighted by Crippen LogP contribution is 2.64. The standard InChI is InChI=1S/C33H34O3S2/c1-22-9-12-25(13-10-22)28-29(24-7-4-3-5-8-24)31(30(28)32(34)35-2)33(37-19-6-20-38-33)17-15-23-11-14-27-26(21-23)16-18-36-27/h3-5,7-14,21,28,30H,6,15-20H2,1-2H3/t28-,30+/m1/s1. The van der Waals surface area contributed by atoms with E-state index >= 15 is 0 Å². The molecule has 2 aliphatic heterocycles. The fraction of sp³-hybridized carbons (Fsp3) is 0.364. The summed E-state index contributed by atoms with van der Waals surface area (Å²) in [6.45, 7) is 2.89. The SMILES string of the molecule is COC(=O)[C@@H]1C(C2(CCc3ccc4c(c3)CCO4)SCCCS2)=C(c2ccccc2)[C@H]1c1ccc(C)cc1. The topological polar surface area (TPSA) is 35.5 Å². The minimum atomic E-state index is -0.274. The van der Waals surface area contributed by atoms with Crippen LogP contribution >= 0.6 is 23.5 Å². The molecule has 3 aromatic rings. The summed E-state index contributed by atoms with van der Waals surface area (Å²) < 4.78 is 11.1. The molecular weight excluding hydrogens is 508 g/mol. The molecule has 6 rings (SSSR count). The largest absolute Gasteiger partial charge is 0.493 e. The fourth-order valence-corrected chi connectivity index (χ4v) is 9.72. The van der Waals surface area contributed by atoms with E-state index in [2.05, 4.69) is 79.7 Å². The molecule has 38 heavy (non-hydrogen) atoms. The molecule has 196 valence electrons. The third-order valence-corrected chi connectivity index (χ3v) is 11.6. The van der Waals surface area contributed by atoms with Crippen LogP contribution in [0.15, 0.2) is 78.4 Å². The van der Waals surface area contributed by atoms with E-state index in [0.29, 0.717) is 0 Å². The Morgan fingerprint density at radius 2 is 1.79 bits per heavy atom. The number of thioether (sulfide) groups is 2. The summed E-state index contributed by atoms with van der Waals surface area (Å²) in [4.78, 5) is 13.5. The van der Waals surface area contributed by atoms with Crippen molar-refractivity contribution < 1.29 is 14.3 Å². The highest BCUT2D eigenvalue weighted by molar-refractivity contribution is 8.19. The first kappa shape index (κ1) is 25.6. The van der Waals surface area contributed by atoms with E-state index in [1.165, 1.54) is 52.5 Å². The fourth-order valence-electron chi connectivity index (χ4n) is 6.19. The predicted molar refractivity (Wildman–Crippen MR) is 159 cm³/mol. The molecule has 2 heterocycles. The van der Waals surface area contributed by atoms with E-state index < -0.39 is 0 Å². The predicted octanol–water partition coefficient (Wildman–Crippen LogP) is 7.47. The van der Waals surface area contributed by atoms with Crippen molar-refractivity contribution in [1.29, 1.82) is 0 Å². The van der Waals surface area contributed by atoms with Gasteiger partial charge in [-0.15, -0.1) is 23.5 Å². The van der Waals surface area contributed by atoms with Gasteiger partial charge in [0.25, 0.3) is 0 Å². The molecule has 1 saturated heterocycles. The molecule has 2 atom stereocenters. The first-order valence-electron chi connectivity index (χ1n) is 13.6. The number of carbonyl (C=O) groups excluding carboxylic acids is 1. The number of benzene rings is 3. The van der Waals surface area contributed by atoms with Gasteiger partial charge in [0.15, 0.2) is 0 Å². The monoisotopic (exact) mass is 542 g/mol. The average molecular weight is 543 g/mol. The lowest BCUT2D eigenvalue weighted by Gasteiger charge is -2.51. The van der Waals surface area contributed by atoms with Gasteiger partial charge in [-0.1, -0.05) is 72.3 Å². The van der Waals surface area contributed by atoms with Crippen LogP contribution in [0.1, 0.15) is 46.6 Å². The molecule has 0 unspecified atom stereocenters.